The number of carbonyl (C=O) groups excluding carboxylic acids is 2. The van der Waals surface area contributed by atoms with E-state index in [1.807, 2.05) is 60.9 Å². The molecule has 150 valence electrons. The Morgan fingerprint density at radius 1 is 1.11 bits per heavy atom. The topological polar surface area (TPSA) is 55.4 Å². The molecular formula is C22H27NO3S2. The van der Waals surface area contributed by atoms with Crippen molar-refractivity contribution in [1.82, 2.24) is 0 Å². The van der Waals surface area contributed by atoms with E-state index in [1.54, 1.807) is 11.8 Å². The molecule has 2 rings (SSSR count). The molecule has 0 aromatic heterocycles. The van der Waals surface area contributed by atoms with E-state index < -0.39 is 0 Å². The molecule has 0 fully saturated rings. The third-order valence-electron chi connectivity index (χ3n) is 4.32. The van der Waals surface area contributed by atoms with Gasteiger partial charge in [0.15, 0.2) is 0 Å². The van der Waals surface area contributed by atoms with Crippen molar-refractivity contribution in [2.24, 2.45) is 5.92 Å². The van der Waals surface area contributed by atoms with Crippen molar-refractivity contribution in [3.05, 3.63) is 65.7 Å². The predicted octanol–water partition coefficient (Wildman–Crippen LogP) is 4.60. The predicted molar refractivity (Wildman–Crippen MR) is 120 cm³/mol. The molecule has 1 amide bonds. The maximum atomic E-state index is 12.4. The highest BCUT2D eigenvalue weighted by Crippen LogP contribution is 2.16. The highest BCUT2D eigenvalue weighted by Gasteiger charge is 2.16. The molecule has 0 bridgehead atoms. The van der Waals surface area contributed by atoms with Gasteiger partial charge in [-0.3, -0.25) is 9.59 Å². The summed E-state index contributed by atoms with van der Waals surface area (Å²) in [5, 5.41) is 2.96. The maximum Gasteiger partial charge on any atom is 0.306 e. The van der Waals surface area contributed by atoms with E-state index in [0.717, 1.165) is 29.0 Å². The van der Waals surface area contributed by atoms with Crippen molar-refractivity contribution in [2.45, 2.75) is 25.9 Å². The molecule has 0 aliphatic heterocycles. The Balaban J connectivity index is 1.81. The Hall–Kier alpha value is -1.92. The first-order valence-corrected chi connectivity index (χ1v) is 11.3. The average Bonchev–Trinajstić information content (AvgIpc) is 2.72. The summed E-state index contributed by atoms with van der Waals surface area (Å²) in [5.41, 5.74) is 2.71. The fourth-order valence-corrected chi connectivity index (χ4v) is 3.54. The van der Waals surface area contributed by atoms with E-state index in [9.17, 15) is 9.59 Å². The second-order valence-corrected chi connectivity index (χ2v) is 7.85. The van der Waals surface area contributed by atoms with Crippen LogP contribution in [0.25, 0.3) is 0 Å². The lowest BCUT2D eigenvalue weighted by Gasteiger charge is -2.14. The summed E-state index contributed by atoms with van der Waals surface area (Å²) in [6.07, 6.45) is 3.71. The zero-order valence-corrected chi connectivity index (χ0v) is 17.8. The third-order valence-corrected chi connectivity index (χ3v) is 5.40. The summed E-state index contributed by atoms with van der Waals surface area (Å²) >= 11 is 6.02. The van der Waals surface area contributed by atoms with Crippen LogP contribution in [0.1, 0.15) is 24.0 Å². The number of anilines is 1. The molecular weight excluding hydrogens is 390 g/mol. The van der Waals surface area contributed by atoms with Gasteiger partial charge in [-0.1, -0.05) is 42.5 Å². The summed E-state index contributed by atoms with van der Waals surface area (Å²) < 4.78 is 5.31. The Morgan fingerprint density at radius 2 is 1.86 bits per heavy atom. The summed E-state index contributed by atoms with van der Waals surface area (Å²) in [6.45, 7) is 0.289. The van der Waals surface area contributed by atoms with Crippen molar-refractivity contribution in [1.29, 1.82) is 0 Å². The molecule has 1 N–H and O–H groups in total. The molecule has 6 heteroatoms. The van der Waals surface area contributed by atoms with E-state index >= 15 is 0 Å². The van der Waals surface area contributed by atoms with Crippen LogP contribution in [0.3, 0.4) is 0 Å². The van der Waals surface area contributed by atoms with Gasteiger partial charge in [0.2, 0.25) is 5.91 Å². The second kappa shape index (κ2) is 12.5. The van der Waals surface area contributed by atoms with Crippen LogP contribution in [0.2, 0.25) is 0 Å². The molecule has 4 nitrogen and oxygen atoms in total. The fraction of sp³-hybridized carbons (Fsp3) is 0.364. The molecule has 0 aliphatic carbocycles. The van der Waals surface area contributed by atoms with Crippen molar-refractivity contribution in [3.63, 3.8) is 0 Å². The summed E-state index contributed by atoms with van der Waals surface area (Å²) in [4.78, 5) is 24.4. The minimum Gasteiger partial charge on any atom is -0.461 e. The van der Waals surface area contributed by atoms with Gasteiger partial charge in [-0.25, -0.2) is 0 Å². The van der Waals surface area contributed by atoms with Crippen LogP contribution in [0, 0.1) is 5.92 Å². The highest BCUT2D eigenvalue weighted by molar-refractivity contribution is 7.98. The molecule has 2 aromatic carbocycles. The van der Waals surface area contributed by atoms with Crippen LogP contribution in [0.5, 0.6) is 0 Å². The molecule has 0 saturated carbocycles. The highest BCUT2D eigenvalue weighted by atomic mass is 32.2. The van der Waals surface area contributed by atoms with E-state index in [-0.39, 0.29) is 24.4 Å². The number of rotatable bonds is 11. The van der Waals surface area contributed by atoms with E-state index in [2.05, 4.69) is 17.9 Å². The molecule has 1 atom stereocenters. The van der Waals surface area contributed by atoms with Crippen LogP contribution >= 0.6 is 24.4 Å². The molecule has 1 unspecified atom stereocenters. The largest absolute Gasteiger partial charge is 0.461 e. The lowest BCUT2D eigenvalue weighted by atomic mass is 10.1. The summed E-state index contributed by atoms with van der Waals surface area (Å²) in [7, 11) is 0. The molecule has 2 aromatic rings. The van der Waals surface area contributed by atoms with Gasteiger partial charge in [-0.05, 0) is 48.1 Å². The third kappa shape index (κ3) is 7.98. The number of thiol groups is 1. The van der Waals surface area contributed by atoms with Crippen molar-refractivity contribution in [3.8, 4) is 0 Å². The van der Waals surface area contributed by atoms with Gasteiger partial charge >= 0.3 is 5.97 Å². The first-order chi connectivity index (χ1) is 13.6. The number of nitrogens with one attached hydrogen (secondary N) is 1. The summed E-state index contributed by atoms with van der Waals surface area (Å²) in [6, 6.07) is 17.2. The number of thioether (sulfide) groups is 1. The van der Waals surface area contributed by atoms with Gasteiger partial charge in [0.05, 0.1) is 0 Å². The molecule has 28 heavy (non-hydrogen) atoms. The second-order valence-electron chi connectivity index (χ2n) is 6.50. The number of hydrogen-bond donors (Lipinski definition) is 2. The molecule has 0 aliphatic rings. The van der Waals surface area contributed by atoms with Crippen LogP contribution in [0.15, 0.2) is 54.6 Å². The molecule has 0 saturated heterocycles. The van der Waals surface area contributed by atoms with E-state index in [4.69, 9.17) is 4.74 Å². The number of aryl methyl sites for hydroxylation is 1. The van der Waals surface area contributed by atoms with Crippen LogP contribution < -0.4 is 5.32 Å². The number of ether oxygens (including phenoxy) is 1. The average molecular weight is 418 g/mol. The quantitative estimate of drug-likeness (QED) is 0.414. The number of amides is 1. The maximum absolute atomic E-state index is 12.4. The minimum absolute atomic E-state index is 0.0107. The van der Waals surface area contributed by atoms with Gasteiger partial charge in [0, 0.05) is 23.8 Å². The van der Waals surface area contributed by atoms with Crippen molar-refractivity contribution in [2.75, 3.05) is 23.1 Å². The van der Waals surface area contributed by atoms with Crippen molar-refractivity contribution < 1.29 is 14.3 Å². The van der Waals surface area contributed by atoms with Crippen LogP contribution in [0.4, 0.5) is 5.69 Å². The Morgan fingerprint density at radius 3 is 2.57 bits per heavy atom. The first-order valence-electron chi connectivity index (χ1n) is 9.31. The van der Waals surface area contributed by atoms with Crippen molar-refractivity contribution >= 4 is 42.0 Å². The van der Waals surface area contributed by atoms with Gasteiger partial charge in [-0.15, -0.1) is 0 Å². The SMILES string of the molecule is CSCCC(CS)C(=O)Nc1cccc(CCC(=O)OCc2ccccc2)c1. The van der Waals surface area contributed by atoms with Gasteiger partial charge in [0.1, 0.15) is 6.61 Å². The van der Waals surface area contributed by atoms with Crippen LogP contribution in [-0.2, 0) is 27.4 Å². The van der Waals surface area contributed by atoms with Gasteiger partial charge in [0.25, 0.3) is 0 Å². The monoisotopic (exact) mass is 417 g/mol. The van der Waals surface area contributed by atoms with Crippen LogP contribution in [-0.4, -0.2) is 29.6 Å². The number of carbonyl (C=O) groups is 2. The number of esters is 1. The summed E-state index contributed by atoms with van der Waals surface area (Å²) in [5.74, 6) is 1.12. The Labute approximate surface area is 176 Å². The molecule has 0 radical (unpaired) electrons. The lowest BCUT2D eigenvalue weighted by Crippen LogP contribution is -2.24. The zero-order chi connectivity index (χ0) is 20.2. The number of hydrogen-bond acceptors (Lipinski definition) is 5. The minimum atomic E-state index is -0.231. The fourth-order valence-electron chi connectivity index (χ4n) is 2.67. The standard InChI is InChI=1S/C22H27NO3S2/c1-28-13-12-19(16-27)22(25)23-20-9-5-8-17(14-20)10-11-21(24)26-15-18-6-3-2-4-7-18/h2-9,14,19,27H,10-13,15-16H2,1H3,(H,23,25). The molecule has 0 spiro atoms. The van der Waals surface area contributed by atoms with E-state index in [0.29, 0.717) is 18.6 Å². The number of benzene rings is 2. The van der Waals surface area contributed by atoms with E-state index in [1.165, 1.54) is 0 Å². The first kappa shape index (κ1) is 22.4. The van der Waals surface area contributed by atoms with Gasteiger partial charge in [-0.2, -0.15) is 24.4 Å². The Bertz CT molecular complexity index is 752. The Kier molecular flexibility index (Phi) is 10.0. The smallest absolute Gasteiger partial charge is 0.306 e. The zero-order valence-electron chi connectivity index (χ0n) is 16.1. The van der Waals surface area contributed by atoms with Gasteiger partial charge < -0.3 is 10.1 Å². The normalized spacial score (nSPS) is 11.6. The molecule has 0 heterocycles. The lowest BCUT2D eigenvalue weighted by molar-refractivity contribution is -0.144.